The summed E-state index contributed by atoms with van der Waals surface area (Å²) >= 11 is 0. The molecule has 0 aliphatic heterocycles. The summed E-state index contributed by atoms with van der Waals surface area (Å²) in [6.07, 6.45) is 1.94. The Kier molecular flexibility index (Phi) is 6.39. The van der Waals surface area contributed by atoms with Gasteiger partial charge in [0.05, 0.1) is 0 Å². The van der Waals surface area contributed by atoms with Gasteiger partial charge in [0.1, 0.15) is 11.3 Å². The van der Waals surface area contributed by atoms with Gasteiger partial charge in [-0.3, -0.25) is 4.79 Å². The average Bonchev–Trinajstić information content (AvgIpc) is 2.79. The van der Waals surface area contributed by atoms with Crippen LogP contribution in [0.2, 0.25) is 0 Å². The zero-order chi connectivity index (χ0) is 12.8. The van der Waals surface area contributed by atoms with Crippen LogP contribution < -0.4 is 11.1 Å². The van der Waals surface area contributed by atoms with Crippen LogP contribution >= 0.6 is 12.4 Å². The molecule has 2 aromatic rings. The number of carbonyl (C=O) groups excluding carboxylic acids is 1. The molecule has 1 aromatic heterocycles. The van der Waals surface area contributed by atoms with Crippen molar-refractivity contribution in [3.63, 3.8) is 0 Å². The van der Waals surface area contributed by atoms with Crippen LogP contribution in [-0.4, -0.2) is 19.0 Å². The quantitative estimate of drug-likeness (QED) is 0.854. The van der Waals surface area contributed by atoms with E-state index in [-0.39, 0.29) is 18.3 Å². The lowest BCUT2D eigenvalue weighted by Gasteiger charge is -2.02. The second-order valence-electron chi connectivity index (χ2n) is 4.24. The van der Waals surface area contributed by atoms with E-state index in [0.29, 0.717) is 25.9 Å². The Morgan fingerprint density at radius 3 is 2.84 bits per heavy atom. The summed E-state index contributed by atoms with van der Waals surface area (Å²) in [7, 11) is 0. The molecule has 0 saturated heterocycles. The number of benzene rings is 1. The van der Waals surface area contributed by atoms with Crippen molar-refractivity contribution in [2.45, 2.75) is 19.3 Å². The Bertz CT molecular complexity index is 492. The first-order chi connectivity index (χ1) is 8.79. The van der Waals surface area contributed by atoms with Crippen molar-refractivity contribution in [2.75, 3.05) is 13.1 Å². The molecule has 0 unspecified atom stereocenters. The normalized spacial score (nSPS) is 10.2. The number of carbonyl (C=O) groups is 1. The minimum absolute atomic E-state index is 0. The largest absolute Gasteiger partial charge is 0.461 e. The molecule has 104 valence electrons. The molecule has 3 N–H and O–H groups in total. The number of nitrogens with one attached hydrogen (secondary N) is 1. The molecule has 4 nitrogen and oxygen atoms in total. The maximum atomic E-state index is 11.4. The van der Waals surface area contributed by atoms with Gasteiger partial charge in [0.15, 0.2) is 0 Å². The third kappa shape index (κ3) is 4.58. The smallest absolute Gasteiger partial charge is 0.220 e. The van der Waals surface area contributed by atoms with Gasteiger partial charge in [-0.1, -0.05) is 18.2 Å². The van der Waals surface area contributed by atoms with Crippen LogP contribution in [0.5, 0.6) is 0 Å². The van der Waals surface area contributed by atoms with Gasteiger partial charge >= 0.3 is 0 Å². The molecular formula is C14H19ClN2O2. The first-order valence-electron chi connectivity index (χ1n) is 6.24. The van der Waals surface area contributed by atoms with Crippen molar-refractivity contribution >= 4 is 29.3 Å². The number of rotatable bonds is 6. The molecule has 0 radical (unpaired) electrons. The number of nitrogens with two attached hydrogens (primary N) is 1. The van der Waals surface area contributed by atoms with Crippen LogP contribution in [0.1, 0.15) is 18.6 Å². The third-order valence-corrected chi connectivity index (χ3v) is 2.78. The lowest BCUT2D eigenvalue weighted by Crippen LogP contribution is -2.25. The molecule has 0 atom stereocenters. The fourth-order valence-corrected chi connectivity index (χ4v) is 1.84. The van der Waals surface area contributed by atoms with Crippen LogP contribution in [0, 0.1) is 0 Å². The highest BCUT2D eigenvalue weighted by Crippen LogP contribution is 2.18. The zero-order valence-electron chi connectivity index (χ0n) is 10.7. The Balaban J connectivity index is 0.00000180. The van der Waals surface area contributed by atoms with Crippen molar-refractivity contribution in [1.82, 2.24) is 5.32 Å². The topological polar surface area (TPSA) is 68.3 Å². The molecule has 0 fully saturated rings. The molecule has 19 heavy (non-hydrogen) atoms. The summed E-state index contributed by atoms with van der Waals surface area (Å²) < 4.78 is 5.66. The summed E-state index contributed by atoms with van der Waals surface area (Å²) in [6, 6.07) is 9.91. The van der Waals surface area contributed by atoms with Crippen molar-refractivity contribution in [3.8, 4) is 0 Å². The second-order valence-corrected chi connectivity index (χ2v) is 4.24. The molecule has 0 bridgehead atoms. The van der Waals surface area contributed by atoms with E-state index in [9.17, 15) is 4.79 Å². The number of furan rings is 1. The third-order valence-electron chi connectivity index (χ3n) is 2.78. The van der Waals surface area contributed by atoms with Crippen LogP contribution in [0.25, 0.3) is 11.0 Å². The van der Waals surface area contributed by atoms with Gasteiger partial charge in [-0.15, -0.1) is 12.4 Å². The summed E-state index contributed by atoms with van der Waals surface area (Å²) in [5, 5.41) is 3.95. The number of amides is 1. The van der Waals surface area contributed by atoms with E-state index >= 15 is 0 Å². The SMILES string of the molecule is Cl.NCCCC(=O)NCCc1cc2ccccc2o1. The first kappa shape index (κ1) is 15.5. The second kappa shape index (κ2) is 7.81. The zero-order valence-corrected chi connectivity index (χ0v) is 11.5. The predicted molar refractivity (Wildman–Crippen MR) is 78.5 cm³/mol. The van der Waals surface area contributed by atoms with Crippen molar-refractivity contribution < 1.29 is 9.21 Å². The fraction of sp³-hybridized carbons (Fsp3) is 0.357. The van der Waals surface area contributed by atoms with Gasteiger partial charge in [-0.05, 0) is 25.1 Å². The summed E-state index contributed by atoms with van der Waals surface area (Å²) in [6.45, 7) is 1.15. The van der Waals surface area contributed by atoms with E-state index < -0.39 is 0 Å². The van der Waals surface area contributed by atoms with Crippen molar-refractivity contribution in [3.05, 3.63) is 36.1 Å². The highest BCUT2D eigenvalue weighted by Gasteiger charge is 2.04. The van der Waals surface area contributed by atoms with E-state index in [0.717, 1.165) is 23.2 Å². The summed E-state index contributed by atoms with van der Waals surface area (Å²) in [4.78, 5) is 11.4. The van der Waals surface area contributed by atoms with Gasteiger partial charge in [-0.25, -0.2) is 0 Å². The Morgan fingerprint density at radius 2 is 2.11 bits per heavy atom. The number of hydrogen-bond donors (Lipinski definition) is 2. The molecule has 2 rings (SSSR count). The molecular weight excluding hydrogens is 264 g/mol. The Labute approximate surface area is 118 Å². The lowest BCUT2D eigenvalue weighted by atomic mass is 10.2. The number of fused-ring (bicyclic) bond motifs is 1. The summed E-state index contributed by atoms with van der Waals surface area (Å²) in [5.41, 5.74) is 6.24. The van der Waals surface area contributed by atoms with Crippen LogP contribution in [0.15, 0.2) is 34.7 Å². The first-order valence-corrected chi connectivity index (χ1v) is 6.24. The van der Waals surface area contributed by atoms with Gasteiger partial charge < -0.3 is 15.5 Å². The fourth-order valence-electron chi connectivity index (χ4n) is 1.84. The molecule has 0 aliphatic carbocycles. The molecule has 0 aliphatic rings. The Hall–Kier alpha value is -1.52. The molecule has 1 amide bonds. The molecule has 1 aromatic carbocycles. The number of para-hydroxylation sites is 1. The van der Waals surface area contributed by atoms with Gasteiger partial charge in [-0.2, -0.15) is 0 Å². The van der Waals surface area contributed by atoms with Gasteiger partial charge in [0, 0.05) is 24.8 Å². The molecule has 1 heterocycles. The monoisotopic (exact) mass is 282 g/mol. The van der Waals surface area contributed by atoms with E-state index in [2.05, 4.69) is 5.32 Å². The van der Waals surface area contributed by atoms with E-state index in [1.807, 2.05) is 30.3 Å². The van der Waals surface area contributed by atoms with E-state index in [1.54, 1.807) is 0 Å². The van der Waals surface area contributed by atoms with Gasteiger partial charge in [0.2, 0.25) is 5.91 Å². The Morgan fingerprint density at radius 1 is 1.32 bits per heavy atom. The lowest BCUT2D eigenvalue weighted by molar-refractivity contribution is -0.121. The minimum Gasteiger partial charge on any atom is -0.461 e. The highest BCUT2D eigenvalue weighted by molar-refractivity contribution is 5.85. The van der Waals surface area contributed by atoms with Crippen molar-refractivity contribution in [2.24, 2.45) is 5.73 Å². The van der Waals surface area contributed by atoms with Crippen LogP contribution in [0.4, 0.5) is 0 Å². The molecule has 0 saturated carbocycles. The molecule has 5 heteroatoms. The minimum atomic E-state index is 0. The number of halogens is 1. The van der Waals surface area contributed by atoms with E-state index in [4.69, 9.17) is 10.2 Å². The van der Waals surface area contributed by atoms with Crippen molar-refractivity contribution in [1.29, 1.82) is 0 Å². The van der Waals surface area contributed by atoms with Crippen LogP contribution in [-0.2, 0) is 11.2 Å². The average molecular weight is 283 g/mol. The maximum absolute atomic E-state index is 11.4. The predicted octanol–water partition coefficient (Wildman–Crippen LogP) is 2.25. The number of hydrogen-bond acceptors (Lipinski definition) is 3. The molecule has 0 spiro atoms. The highest BCUT2D eigenvalue weighted by atomic mass is 35.5. The van der Waals surface area contributed by atoms with Gasteiger partial charge in [0.25, 0.3) is 0 Å². The van der Waals surface area contributed by atoms with E-state index in [1.165, 1.54) is 0 Å². The van der Waals surface area contributed by atoms with Crippen LogP contribution in [0.3, 0.4) is 0 Å². The summed E-state index contributed by atoms with van der Waals surface area (Å²) in [5.74, 6) is 0.951. The maximum Gasteiger partial charge on any atom is 0.220 e. The standard InChI is InChI=1S/C14H18N2O2.ClH/c15-8-3-6-14(17)16-9-7-12-10-11-4-1-2-5-13(11)18-12;/h1-2,4-5,10H,3,6-9,15H2,(H,16,17);1H.